The fourth-order valence-corrected chi connectivity index (χ4v) is 2.73. The number of allylic oxidation sites excluding steroid dienone is 2. The molecule has 0 aromatic carbocycles. The molecule has 1 aliphatic rings. The van der Waals surface area contributed by atoms with Crippen LogP contribution in [0.15, 0.2) is 65.8 Å². The highest BCUT2D eigenvalue weighted by Gasteiger charge is 2.26. The Morgan fingerprint density at radius 3 is 2.50 bits per heavy atom. The van der Waals surface area contributed by atoms with Crippen LogP contribution in [-0.4, -0.2) is 15.7 Å². The van der Waals surface area contributed by atoms with Crippen LogP contribution >= 0.6 is 0 Å². The van der Waals surface area contributed by atoms with Gasteiger partial charge in [0.15, 0.2) is 0 Å². The molecule has 0 amide bonds. The van der Waals surface area contributed by atoms with Crippen LogP contribution in [0.3, 0.4) is 0 Å². The topological polar surface area (TPSA) is 50.2 Å². The summed E-state index contributed by atoms with van der Waals surface area (Å²) < 4.78 is 0. The summed E-state index contributed by atoms with van der Waals surface area (Å²) in [7, 11) is 0. The number of nitrogens with one attached hydrogen (secondary N) is 1. The zero-order valence-corrected chi connectivity index (χ0v) is 13.0. The van der Waals surface area contributed by atoms with Crippen molar-refractivity contribution in [2.45, 2.75) is 26.7 Å². The summed E-state index contributed by atoms with van der Waals surface area (Å²) in [5.41, 5.74) is 4.34. The predicted molar refractivity (Wildman–Crippen MR) is 90.3 cm³/mol. The van der Waals surface area contributed by atoms with Crippen molar-refractivity contribution < 1.29 is 0 Å². The molecule has 0 saturated heterocycles. The van der Waals surface area contributed by atoms with Crippen LogP contribution in [0.25, 0.3) is 0 Å². The van der Waals surface area contributed by atoms with Gasteiger partial charge in [0.25, 0.3) is 0 Å². The van der Waals surface area contributed by atoms with Crippen LogP contribution in [0.2, 0.25) is 0 Å². The van der Waals surface area contributed by atoms with E-state index in [-0.39, 0.29) is 5.41 Å². The first-order chi connectivity index (χ1) is 10.6. The van der Waals surface area contributed by atoms with E-state index in [1.807, 2.05) is 30.5 Å². The highest BCUT2D eigenvalue weighted by molar-refractivity contribution is 5.98. The second-order valence-corrected chi connectivity index (χ2v) is 6.37. The van der Waals surface area contributed by atoms with Gasteiger partial charge in [-0.05, 0) is 48.6 Å². The predicted octanol–water partition coefficient (Wildman–Crippen LogP) is 4.37. The van der Waals surface area contributed by atoms with E-state index in [4.69, 9.17) is 4.99 Å². The molecule has 3 rings (SSSR count). The largest absolute Gasteiger partial charge is 0.358 e. The SMILES string of the molecule is CC1(C)CC(Nc2cccnc2)=CC(=Nc2cccnc2)C1. The van der Waals surface area contributed by atoms with Crippen molar-refractivity contribution in [2.75, 3.05) is 5.32 Å². The zero-order chi connectivity index (χ0) is 15.4. The lowest BCUT2D eigenvalue weighted by Gasteiger charge is -2.31. The summed E-state index contributed by atoms with van der Waals surface area (Å²) in [6.07, 6.45) is 11.3. The molecule has 0 aliphatic heterocycles. The molecule has 2 heterocycles. The van der Waals surface area contributed by atoms with Crippen LogP contribution < -0.4 is 5.32 Å². The van der Waals surface area contributed by atoms with Gasteiger partial charge < -0.3 is 5.32 Å². The maximum atomic E-state index is 4.73. The fraction of sp³-hybridized carbons (Fsp3) is 0.278. The average Bonchev–Trinajstić information content (AvgIpc) is 2.47. The number of aliphatic imine (C=N–C) groups is 1. The van der Waals surface area contributed by atoms with Gasteiger partial charge >= 0.3 is 0 Å². The maximum absolute atomic E-state index is 4.73. The molecule has 0 fully saturated rings. The molecule has 2 aromatic rings. The number of pyridine rings is 2. The molecule has 0 atom stereocenters. The average molecular weight is 292 g/mol. The molecule has 2 aromatic heterocycles. The van der Waals surface area contributed by atoms with Crippen LogP contribution in [0, 0.1) is 5.41 Å². The van der Waals surface area contributed by atoms with Crippen molar-refractivity contribution in [2.24, 2.45) is 10.4 Å². The molecule has 0 radical (unpaired) electrons. The summed E-state index contributed by atoms with van der Waals surface area (Å²) >= 11 is 0. The van der Waals surface area contributed by atoms with Gasteiger partial charge in [0.2, 0.25) is 0 Å². The number of rotatable bonds is 3. The second-order valence-electron chi connectivity index (χ2n) is 6.37. The van der Waals surface area contributed by atoms with Gasteiger partial charge in [-0.3, -0.25) is 15.0 Å². The second kappa shape index (κ2) is 6.10. The number of aromatic nitrogens is 2. The summed E-state index contributed by atoms with van der Waals surface area (Å²) in [6.45, 7) is 4.54. The van der Waals surface area contributed by atoms with Gasteiger partial charge in [0, 0.05) is 23.8 Å². The Balaban J connectivity index is 1.87. The van der Waals surface area contributed by atoms with E-state index < -0.39 is 0 Å². The van der Waals surface area contributed by atoms with Gasteiger partial charge in [-0.1, -0.05) is 13.8 Å². The monoisotopic (exact) mass is 292 g/mol. The molecule has 1 N–H and O–H groups in total. The summed E-state index contributed by atoms with van der Waals surface area (Å²) in [4.78, 5) is 13.0. The third-order valence-electron chi connectivity index (χ3n) is 3.55. The Kier molecular flexibility index (Phi) is 4.00. The molecule has 0 bridgehead atoms. The Hall–Kier alpha value is -2.49. The minimum absolute atomic E-state index is 0.181. The van der Waals surface area contributed by atoms with E-state index in [1.54, 1.807) is 18.6 Å². The van der Waals surface area contributed by atoms with E-state index in [2.05, 4.69) is 35.2 Å². The quantitative estimate of drug-likeness (QED) is 0.914. The number of nitrogens with zero attached hydrogens (tertiary/aromatic N) is 3. The molecule has 22 heavy (non-hydrogen) atoms. The molecule has 0 unspecified atom stereocenters. The fourth-order valence-electron chi connectivity index (χ4n) is 2.73. The highest BCUT2D eigenvalue weighted by atomic mass is 14.9. The molecule has 112 valence electrons. The molecular formula is C18H20N4. The van der Waals surface area contributed by atoms with Crippen molar-refractivity contribution in [3.05, 3.63) is 60.8 Å². The Morgan fingerprint density at radius 2 is 1.82 bits per heavy atom. The van der Waals surface area contributed by atoms with Gasteiger partial charge in [0.1, 0.15) is 0 Å². The Bertz CT molecular complexity index is 688. The van der Waals surface area contributed by atoms with Crippen LogP contribution in [0.1, 0.15) is 26.7 Å². The molecule has 1 aliphatic carbocycles. The minimum Gasteiger partial charge on any atom is -0.358 e. The van der Waals surface area contributed by atoms with Crippen molar-refractivity contribution in [1.29, 1.82) is 0 Å². The van der Waals surface area contributed by atoms with E-state index in [0.717, 1.165) is 29.9 Å². The highest BCUT2D eigenvalue weighted by Crippen LogP contribution is 2.35. The minimum atomic E-state index is 0.181. The van der Waals surface area contributed by atoms with Crippen molar-refractivity contribution in [1.82, 2.24) is 9.97 Å². The standard InChI is InChI=1S/C18H20N4/c1-18(2)10-16(21-14-5-3-7-19-12-14)9-17(11-18)22-15-6-4-8-20-13-15/h3-9,12-13,21H,10-11H2,1-2H3. The molecule has 0 saturated carbocycles. The van der Waals surface area contributed by atoms with Crippen molar-refractivity contribution in [3.63, 3.8) is 0 Å². The van der Waals surface area contributed by atoms with Gasteiger partial charge in [-0.2, -0.15) is 0 Å². The van der Waals surface area contributed by atoms with Gasteiger partial charge in [-0.25, -0.2) is 0 Å². The lowest BCUT2D eigenvalue weighted by Crippen LogP contribution is -2.24. The van der Waals surface area contributed by atoms with E-state index in [0.29, 0.717) is 0 Å². The first-order valence-corrected chi connectivity index (χ1v) is 7.46. The number of hydrogen-bond acceptors (Lipinski definition) is 4. The van der Waals surface area contributed by atoms with Crippen LogP contribution in [-0.2, 0) is 0 Å². The summed E-state index contributed by atoms with van der Waals surface area (Å²) in [6, 6.07) is 7.84. The van der Waals surface area contributed by atoms with Crippen LogP contribution in [0.4, 0.5) is 11.4 Å². The van der Waals surface area contributed by atoms with Crippen molar-refractivity contribution in [3.8, 4) is 0 Å². The summed E-state index contributed by atoms with van der Waals surface area (Å²) in [5.74, 6) is 0. The normalized spacial score (nSPS) is 18.8. The molecule has 4 heteroatoms. The van der Waals surface area contributed by atoms with E-state index in [9.17, 15) is 0 Å². The molecule has 0 spiro atoms. The number of hydrogen-bond donors (Lipinski definition) is 1. The third-order valence-corrected chi connectivity index (χ3v) is 3.55. The molecule has 4 nitrogen and oxygen atoms in total. The Labute approximate surface area is 131 Å². The number of anilines is 1. The summed E-state index contributed by atoms with van der Waals surface area (Å²) in [5, 5.41) is 3.45. The molecular weight excluding hydrogens is 272 g/mol. The first-order valence-electron chi connectivity index (χ1n) is 7.46. The van der Waals surface area contributed by atoms with Crippen molar-refractivity contribution >= 4 is 17.1 Å². The maximum Gasteiger partial charge on any atom is 0.0816 e. The van der Waals surface area contributed by atoms with Crippen LogP contribution in [0.5, 0.6) is 0 Å². The van der Waals surface area contributed by atoms with Gasteiger partial charge in [-0.15, -0.1) is 0 Å². The zero-order valence-electron chi connectivity index (χ0n) is 13.0. The first kappa shape index (κ1) is 14.4. The third kappa shape index (κ3) is 3.79. The lowest BCUT2D eigenvalue weighted by atomic mass is 9.78. The van der Waals surface area contributed by atoms with Gasteiger partial charge in [0.05, 0.1) is 23.8 Å². The smallest absolute Gasteiger partial charge is 0.0816 e. The van der Waals surface area contributed by atoms with E-state index in [1.165, 1.54) is 5.70 Å². The van der Waals surface area contributed by atoms with E-state index >= 15 is 0 Å². The lowest BCUT2D eigenvalue weighted by molar-refractivity contribution is 0.374. The Morgan fingerprint density at radius 1 is 1.05 bits per heavy atom.